The summed E-state index contributed by atoms with van der Waals surface area (Å²) in [5.74, 6) is -1.30. The Bertz CT molecular complexity index is 1100. The number of hydrogen-bond acceptors (Lipinski definition) is 6. The molecule has 5 rings (SSSR count). The molecule has 1 N–H and O–H groups in total. The van der Waals surface area contributed by atoms with Gasteiger partial charge in [0.1, 0.15) is 11.9 Å². The van der Waals surface area contributed by atoms with Gasteiger partial charge in [0, 0.05) is 26.0 Å². The molecule has 8 heteroatoms. The maximum Gasteiger partial charge on any atom is 0.252 e. The van der Waals surface area contributed by atoms with Crippen LogP contribution in [0.25, 0.3) is 0 Å². The summed E-state index contributed by atoms with van der Waals surface area (Å²) < 4.78 is 44.6. The largest absolute Gasteiger partial charge is 0.376 e. The molecule has 0 bridgehead atoms. The van der Waals surface area contributed by atoms with Gasteiger partial charge in [0.25, 0.3) is 5.91 Å². The molecule has 0 spiro atoms. The smallest absolute Gasteiger partial charge is 0.252 e. The Balaban J connectivity index is 1.38. The number of benzene rings is 2. The van der Waals surface area contributed by atoms with Crippen LogP contribution < -0.4 is 5.32 Å². The molecule has 206 valence electrons. The lowest BCUT2D eigenvalue weighted by Crippen LogP contribution is -2.60. The number of fused-ring (bicyclic) bond motifs is 1. The van der Waals surface area contributed by atoms with Crippen LogP contribution in [0, 0.1) is 12.7 Å². The second kappa shape index (κ2) is 11.4. The fraction of sp³-hybridized carbons (Fsp3) is 0.567. The molecule has 2 unspecified atom stereocenters. The molecule has 2 aromatic rings. The third kappa shape index (κ3) is 6.43. The number of halogens is 1. The molecule has 2 aromatic carbocycles. The molecule has 2 aliphatic heterocycles. The zero-order chi connectivity index (χ0) is 26.8. The summed E-state index contributed by atoms with van der Waals surface area (Å²) in [5, 5.41) is 3.10. The summed E-state index contributed by atoms with van der Waals surface area (Å²) >= 11 is 0. The molecule has 3 fully saturated rings. The van der Waals surface area contributed by atoms with Gasteiger partial charge in [-0.15, -0.1) is 0 Å². The average molecular weight is 528 g/mol. The van der Waals surface area contributed by atoms with Gasteiger partial charge in [0.15, 0.2) is 11.4 Å². The highest BCUT2D eigenvalue weighted by molar-refractivity contribution is 5.85. The number of ether oxygens (including phenoxy) is 5. The third-order valence-electron chi connectivity index (χ3n) is 7.55. The number of carbonyl (C=O) groups excluding carboxylic acids is 1. The van der Waals surface area contributed by atoms with Crippen molar-refractivity contribution in [3.63, 3.8) is 0 Å². The molecule has 0 aromatic heterocycles. The highest BCUT2D eigenvalue weighted by atomic mass is 19.1. The van der Waals surface area contributed by atoms with E-state index >= 15 is 0 Å². The van der Waals surface area contributed by atoms with Crippen LogP contribution in [0.5, 0.6) is 0 Å². The molecule has 1 aliphatic carbocycles. The minimum absolute atomic E-state index is 0.0135. The van der Waals surface area contributed by atoms with Crippen molar-refractivity contribution in [3.8, 4) is 0 Å². The normalized spacial score (nSPS) is 30.2. The van der Waals surface area contributed by atoms with E-state index in [4.69, 9.17) is 23.7 Å². The van der Waals surface area contributed by atoms with Crippen LogP contribution in [0.1, 0.15) is 56.2 Å². The minimum atomic E-state index is -1.18. The van der Waals surface area contributed by atoms with Crippen molar-refractivity contribution in [2.24, 2.45) is 0 Å². The van der Waals surface area contributed by atoms with Crippen LogP contribution in [0.3, 0.4) is 0 Å². The second-order valence-corrected chi connectivity index (χ2v) is 11.1. The summed E-state index contributed by atoms with van der Waals surface area (Å²) in [6, 6.07) is 14.3. The van der Waals surface area contributed by atoms with Gasteiger partial charge >= 0.3 is 0 Å². The van der Waals surface area contributed by atoms with Gasteiger partial charge < -0.3 is 29.0 Å². The number of nitrogens with one attached hydrogen (secondary N) is 1. The molecule has 2 heterocycles. The maximum absolute atomic E-state index is 13.9. The lowest BCUT2D eigenvalue weighted by molar-refractivity contribution is -0.183. The maximum atomic E-state index is 13.9. The van der Waals surface area contributed by atoms with E-state index < -0.39 is 17.5 Å². The predicted octanol–water partition coefficient (Wildman–Crippen LogP) is 4.58. The summed E-state index contributed by atoms with van der Waals surface area (Å²) in [5.41, 5.74) is 1.77. The molecule has 1 amide bonds. The van der Waals surface area contributed by atoms with Crippen molar-refractivity contribution in [1.29, 1.82) is 0 Å². The lowest BCUT2D eigenvalue weighted by atomic mass is 9.78. The van der Waals surface area contributed by atoms with E-state index in [-0.39, 0.29) is 43.3 Å². The Morgan fingerprint density at radius 3 is 2.63 bits per heavy atom. The molecule has 0 radical (unpaired) electrons. The molecular formula is C30H38FNO6. The Morgan fingerprint density at radius 1 is 1.08 bits per heavy atom. The standard InChI is InChI=1S/C30H38FNO6/c1-20-6-4-7-22(14-20)19-36-30(28(33)32-17-24-8-5-13-34-24)15-25(27-26(16-30)37-29(2,3)38-27)35-18-21-9-11-23(31)12-10-21/h4,6-7,9-12,14,24-27H,5,8,13,15-19H2,1-3H3,(H,32,33)/t24?,25?,26-,27+,30-/m1/s1. The van der Waals surface area contributed by atoms with Gasteiger partial charge in [0.2, 0.25) is 0 Å². The van der Waals surface area contributed by atoms with E-state index in [2.05, 4.69) is 11.4 Å². The first-order valence-electron chi connectivity index (χ1n) is 13.5. The summed E-state index contributed by atoms with van der Waals surface area (Å²) in [6.45, 7) is 7.46. The highest BCUT2D eigenvalue weighted by Crippen LogP contribution is 2.44. The van der Waals surface area contributed by atoms with E-state index in [0.717, 1.165) is 36.1 Å². The van der Waals surface area contributed by atoms with Crippen molar-refractivity contribution in [2.45, 2.75) is 95.5 Å². The Kier molecular flexibility index (Phi) is 8.16. The molecule has 38 heavy (non-hydrogen) atoms. The molecule has 1 saturated carbocycles. The van der Waals surface area contributed by atoms with Gasteiger partial charge in [0.05, 0.1) is 31.5 Å². The number of rotatable bonds is 9. The van der Waals surface area contributed by atoms with Crippen LogP contribution in [0.15, 0.2) is 48.5 Å². The fourth-order valence-corrected chi connectivity index (χ4v) is 5.69. The Morgan fingerprint density at radius 2 is 1.89 bits per heavy atom. The SMILES string of the molecule is Cc1cccc(CO[C@]2(C(=O)NCC3CCCO3)CC(OCc3ccc(F)cc3)[C@@H]3OC(C)(C)O[C@@H]3C2)c1. The van der Waals surface area contributed by atoms with Crippen LogP contribution in [0.4, 0.5) is 4.39 Å². The van der Waals surface area contributed by atoms with E-state index in [1.165, 1.54) is 12.1 Å². The zero-order valence-corrected chi connectivity index (χ0v) is 22.4. The summed E-state index contributed by atoms with van der Waals surface area (Å²) in [6.07, 6.45) is 1.38. The summed E-state index contributed by atoms with van der Waals surface area (Å²) in [4.78, 5) is 13.9. The van der Waals surface area contributed by atoms with Crippen molar-refractivity contribution < 1.29 is 32.9 Å². The van der Waals surface area contributed by atoms with Crippen molar-refractivity contribution in [1.82, 2.24) is 5.32 Å². The molecular weight excluding hydrogens is 489 g/mol. The summed E-state index contributed by atoms with van der Waals surface area (Å²) in [7, 11) is 0. The molecule has 7 nitrogen and oxygen atoms in total. The fourth-order valence-electron chi connectivity index (χ4n) is 5.69. The van der Waals surface area contributed by atoms with E-state index in [1.807, 2.05) is 39.0 Å². The molecule has 2 saturated heterocycles. The molecule has 3 aliphatic rings. The molecule has 5 atom stereocenters. The van der Waals surface area contributed by atoms with Gasteiger partial charge in [-0.05, 0) is 56.9 Å². The first-order chi connectivity index (χ1) is 18.2. The quantitative estimate of drug-likeness (QED) is 0.515. The predicted molar refractivity (Wildman–Crippen MR) is 139 cm³/mol. The first-order valence-corrected chi connectivity index (χ1v) is 13.5. The Labute approximate surface area is 223 Å². The first kappa shape index (κ1) is 27.2. The van der Waals surface area contributed by atoms with Crippen molar-refractivity contribution in [3.05, 3.63) is 71.0 Å². The van der Waals surface area contributed by atoms with Gasteiger partial charge in [-0.2, -0.15) is 0 Å². The van der Waals surface area contributed by atoms with Gasteiger partial charge in [-0.1, -0.05) is 42.0 Å². The second-order valence-electron chi connectivity index (χ2n) is 11.1. The van der Waals surface area contributed by atoms with Crippen molar-refractivity contribution in [2.75, 3.05) is 13.2 Å². The topological polar surface area (TPSA) is 75.3 Å². The van der Waals surface area contributed by atoms with Crippen molar-refractivity contribution >= 4 is 5.91 Å². The lowest BCUT2D eigenvalue weighted by Gasteiger charge is -2.43. The van der Waals surface area contributed by atoms with Crippen LogP contribution in [-0.4, -0.2) is 54.9 Å². The highest BCUT2D eigenvalue weighted by Gasteiger charge is 2.58. The minimum Gasteiger partial charge on any atom is -0.376 e. The monoisotopic (exact) mass is 527 g/mol. The van der Waals surface area contributed by atoms with Crippen LogP contribution in [-0.2, 0) is 41.7 Å². The van der Waals surface area contributed by atoms with Gasteiger partial charge in [-0.25, -0.2) is 4.39 Å². The van der Waals surface area contributed by atoms with E-state index in [0.29, 0.717) is 19.4 Å². The van der Waals surface area contributed by atoms with Crippen LogP contribution in [0.2, 0.25) is 0 Å². The number of aryl methyl sites for hydroxylation is 1. The number of carbonyl (C=O) groups is 1. The van der Waals surface area contributed by atoms with E-state index in [1.54, 1.807) is 12.1 Å². The zero-order valence-electron chi connectivity index (χ0n) is 22.4. The number of amides is 1. The number of hydrogen-bond donors (Lipinski definition) is 1. The van der Waals surface area contributed by atoms with Crippen LogP contribution >= 0.6 is 0 Å². The Hall–Kier alpha value is -2.36. The van der Waals surface area contributed by atoms with E-state index in [9.17, 15) is 9.18 Å². The third-order valence-corrected chi connectivity index (χ3v) is 7.55. The average Bonchev–Trinajstić information content (AvgIpc) is 3.52. The van der Waals surface area contributed by atoms with Gasteiger partial charge in [-0.3, -0.25) is 4.79 Å².